The second-order valence-electron chi connectivity index (χ2n) is 4.50. The average molecular weight is 324 g/mol. The van der Waals surface area contributed by atoms with Gasteiger partial charge in [-0.1, -0.05) is 28.9 Å². The van der Waals surface area contributed by atoms with Crippen LogP contribution in [0.4, 0.5) is 0 Å². The molecule has 0 saturated carbocycles. The lowest BCUT2D eigenvalue weighted by Crippen LogP contribution is -2.16. The van der Waals surface area contributed by atoms with Gasteiger partial charge in [0, 0.05) is 20.3 Å². The summed E-state index contributed by atoms with van der Waals surface area (Å²) in [4.78, 5) is 2.73. The first-order valence-corrected chi connectivity index (χ1v) is 7.81. The SMILES string of the molecule is CCNC(C)c1ccc(-c2cc(C)cc(Br)c2)s1. The molecule has 0 fully saturated rings. The van der Waals surface area contributed by atoms with Crippen molar-refractivity contribution in [2.75, 3.05) is 6.54 Å². The Morgan fingerprint density at radius 3 is 2.72 bits per heavy atom. The van der Waals surface area contributed by atoms with E-state index in [4.69, 9.17) is 0 Å². The second-order valence-corrected chi connectivity index (χ2v) is 6.53. The Labute approximate surface area is 121 Å². The molecule has 1 heterocycles. The minimum absolute atomic E-state index is 0.432. The Kier molecular flexibility index (Phi) is 4.60. The van der Waals surface area contributed by atoms with Gasteiger partial charge < -0.3 is 5.32 Å². The van der Waals surface area contributed by atoms with E-state index in [-0.39, 0.29) is 0 Å². The standard InChI is InChI=1S/C15H18BrNS/c1-4-17-11(3)14-5-6-15(18-14)12-7-10(2)8-13(16)9-12/h5-9,11,17H,4H2,1-3H3. The van der Waals surface area contributed by atoms with Crippen LogP contribution in [0.1, 0.15) is 30.3 Å². The van der Waals surface area contributed by atoms with Crippen molar-refractivity contribution in [3.63, 3.8) is 0 Å². The molecule has 96 valence electrons. The van der Waals surface area contributed by atoms with Crippen LogP contribution in [0.5, 0.6) is 0 Å². The van der Waals surface area contributed by atoms with Crippen LogP contribution >= 0.6 is 27.3 Å². The fraction of sp³-hybridized carbons (Fsp3) is 0.333. The highest BCUT2D eigenvalue weighted by Gasteiger charge is 2.09. The molecular formula is C15H18BrNS. The number of thiophene rings is 1. The average Bonchev–Trinajstić information content (AvgIpc) is 2.77. The van der Waals surface area contributed by atoms with Crippen LogP contribution in [0.2, 0.25) is 0 Å². The van der Waals surface area contributed by atoms with E-state index in [2.05, 4.69) is 72.3 Å². The molecule has 0 radical (unpaired) electrons. The molecule has 3 heteroatoms. The molecule has 0 aliphatic heterocycles. The first kappa shape index (κ1) is 13.8. The normalized spacial score (nSPS) is 12.7. The highest BCUT2D eigenvalue weighted by Crippen LogP contribution is 2.33. The van der Waals surface area contributed by atoms with Crippen LogP contribution in [0, 0.1) is 6.92 Å². The van der Waals surface area contributed by atoms with E-state index >= 15 is 0 Å². The van der Waals surface area contributed by atoms with Gasteiger partial charge in [0.15, 0.2) is 0 Å². The first-order chi connectivity index (χ1) is 8.60. The van der Waals surface area contributed by atoms with Gasteiger partial charge in [-0.05, 0) is 55.8 Å². The predicted molar refractivity (Wildman–Crippen MR) is 84.3 cm³/mol. The van der Waals surface area contributed by atoms with Crippen LogP contribution in [0.25, 0.3) is 10.4 Å². The number of hydrogen-bond donors (Lipinski definition) is 1. The maximum Gasteiger partial charge on any atom is 0.0386 e. The van der Waals surface area contributed by atoms with Crippen molar-refractivity contribution >= 4 is 27.3 Å². The highest BCUT2D eigenvalue weighted by atomic mass is 79.9. The molecule has 0 amide bonds. The molecule has 0 saturated heterocycles. The van der Waals surface area contributed by atoms with E-state index in [1.807, 2.05) is 11.3 Å². The summed E-state index contributed by atoms with van der Waals surface area (Å²) < 4.78 is 1.15. The lowest BCUT2D eigenvalue weighted by Gasteiger charge is -2.09. The molecule has 0 aliphatic rings. The summed E-state index contributed by atoms with van der Waals surface area (Å²) in [6.07, 6.45) is 0. The number of halogens is 1. The van der Waals surface area contributed by atoms with Crippen molar-refractivity contribution in [1.29, 1.82) is 0 Å². The Morgan fingerprint density at radius 2 is 2.06 bits per heavy atom. The number of benzene rings is 1. The maximum atomic E-state index is 3.56. The number of rotatable bonds is 4. The quantitative estimate of drug-likeness (QED) is 0.819. The van der Waals surface area contributed by atoms with E-state index in [1.54, 1.807) is 0 Å². The molecule has 0 aliphatic carbocycles. The van der Waals surface area contributed by atoms with Gasteiger partial charge in [-0.2, -0.15) is 0 Å². The van der Waals surface area contributed by atoms with Crippen LogP contribution in [-0.2, 0) is 0 Å². The lowest BCUT2D eigenvalue weighted by atomic mass is 10.1. The van der Waals surface area contributed by atoms with Crippen molar-refractivity contribution in [1.82, 2.24) is 5.32 Å². The van der Waals surface area contributed by atoms with Gasteiger partial charge in [0.25, 0.3) is 0 Å². The summed E-state index contributed by atoms with van der Waals surface area (Å²) >= 11 is 5.43. The van der Waals surface area contributed by atoms with Gasteiger partial charge in [0.2, 0.25) is 0 Å². The highest BCUT2D eigenvalue weighted by molar-refractivity contribution is 9.10. The summed E-state index contributed by atoms with van der Waals surface area (Å²) in [6.45, 7) is 7.49. The summed E-state index contributed by atoms with van der Waals surface area (Å²) in [6, 6.07) is 11.4. The number of hydrogen-bond acceptors (Lipinski definition) is 2. The monoisotopic (exact) mass is 323 g/mol. The fourth-order valence-corrected chi connectivity index (χ4v) is 3.66. The molecule has 1 aromatic carbocycles. The molecule has 1 aromatic heterocycles. The zero-order chi connectivity index (χ0) is 13.1. The van der Waals surface area contributed by atoms with Crippen molar-refractivity contribution < 1.29 is 0 Å². The van der Waals surface area contributed by atoms with E-state index in [9.17, 15) is 0 Å². The summed E-state index contributed by atoms with van der Waals surface area (Å²) in [5.74, 6) is 0. The van der Waals surface area contributed by atoms with E-state index in [1.165, 1.54) is 20.9 Å². The molecule has 2 aromatic rings. The Balaban J connectivity index is 2.29. The third-order valence-electron chi connectivity index (χ3n) is 2.89. The van der Waals surface area contributed by atoms with Gasteiger partial charge in [-0.3, -0.25) is 0 Å². The lowest BCUT2D eigenvalue weighted by molar-refractivity contribution is 0.607. The molecule has 1 N–H and O–H groups in total. The molecule has 2 rings (SSSR count). The minimum atomic E-state index is 0.432. The molecule has 1 unspecified atom stereocenters. The van der Waals surface area contributed by atoms with E-state index < -0.39 is 0 Å². The topological polar surface area (TPSA) is 12.0 Å². The zero-order valence-corrected chi connectivity index (χ0v) is 13.4. The van der Waals surface area contributed by atoms with E-state index in [0.717, 1.165) is 11.0 Å². The second kappa shape index (κ2) is 6.00. The van der Waals surface area contributed by atoms with Gasteiger partial charge in [0.1, 0.15) is 0 Å². The van der Waals surface area contributed by atoms with Crippen LogP contribution in [0.15, 0.2) is 34.8 Å². The largest absolute Gasteiger partial charge is 0.310 e. The summed E-state index contributed by atoms with van der Waals surface area (Å²) in [5, 5.41) is 3.45. The molecule has 1 nitrogen and oxygen atoms in total. The van der Waals surface area contributed by atoms with Crippen LogP contribution < -0.4 is 5.32 Å². The molecule has 18 heavy (non-hydrogen) atoms. The first-order valence-electron chi connectivity index (χ1n) is 6.21. The Morgan fingerprint density at radius 1 is 1.28 bits per heavy atom. The van der Waals surface area contributed by atoms with Gasteiger partial charge in [0.05, 0.1) is 0 Å². The smallest absolute Gasteiger partial charge is 0.0386 e. The summed E-state index contributed by atoms with van der Waals surface area (Å²) in [7, 11) is 0. The third-order valence-corrected chi connectivity index (χ3v) is 4.67. The fourth-order valence-electron chi connectivity index (χ4n) is 2.03. The Hall–Kier alpha value is -0.640. The Bertz CT molecular complexity index is 513. The zero-order valence-electron chi connectivity index (χ0n) is 11.0. The van der Waals surface area contributed by atoms with Crippen molar-refractivity contribution in [3.05, 3.63) is 45.2 Å². The van der Waals surface area contributed by atoms with Crippen LogP contribution in [-0.4, -0.2) is 6.54 Å². The number of nitrogens with one attached hydrogen (secondary N) is 1. The van der Waals surface area contributed by atoms with Gasteiger partial charge in [-0.15, -0.1) is 11.3 Å². The van der Waals surface area contributed by atoms with Gasteiger partial charge in [-0.25, -0.2) is 0 Å². The summed E-state index contributed by atoms with van der Waals surface area (Å²) in [5.41, 5.74) is 2.58. The van der Waals surface area contributed by atoms with Crippen molar-refractivity contribution in [2.24, 2.45) is 0 Å². The van der Waals surface area contributed by atoms with Crippen LogP contribution in [0.3, 0.4) is 0 Å². The van der Waals surface area contributed by atoms with Gasteiger partial charge >= 0.3 is 0 Å². The minimum Gasteiger partial charge on any atom is -0.310 e. The molecule has 0 spiro atoms. The molecular weight excluding hydrogens is 306 g/mol. The molecule has 0 bridgehead atoms. The third kappa shape index (κ3) is 3.22. The van der Waals surface area contributed by atoms with Crippen molar-refractivity contribution in [2.45, 2.75) is 26.8 Å². The van der Waals surface area contributed by atoms with Crippen molar-refractivity contribution in [3.8, 4) is 10.4 Å². The van der Waals surface area contributed by atoms with E-state index in [0.29, 0.717) is 6.04 Å². The predicted octanol–water partition coefficient (Wildman–Crippen LogP) is 5.16. The number of aryl methyl sites for hydroxylation is 1. The maximum absolute atomic E-state index is 3.56. The molecule has 1 atom stereocenters.